The average molecular weight is 167 g/mol. The molecular weight excluding hydrogens is 146 g/mol. The largest absolute Gasteiger partial charge is 0.314 e. The summed E-state index contributed by atoms with van der Waals surface area (Å²) >= 11 is 0. The van der Waals surface area contributed by atoms with Crippen molar-refractivity contribution in [2.24, 2.45) is 0 Å². The Hall–Kier alpha value is -0.300. The van der Waals surface area contributed by atoms with Crippen molar-refractivity contribution in [1.82, 2.24) is 5.32 Å². The minimum absolute atomic E-state index is 0.634. The third-order valence-electron chi connectivity index (χ3n) is 2.38. The van der Waals surface area contributed by atoms with Gasteiger partial charge in [0, 0.05) is 6.04 Å². The molecule has 0 atom stereocenters. The Bertz CT molecular complexity index is 147. The first-order chi connectivity index (χ1) is 5.79. The highest BCUT2D eigenvalue weighted by molar-refractivity contribution is 5.05. The van der Waals surface area contributed by atoms with E-state index in [0.29, 0.717) is 6.04 Å². The predicted molar refractivity (Wildman–Crippen MR) is 54.3 cm³/mol. The highest BCUT2D eigenvalue weighted by atomic mass is 14.9. The van der Waals surface area contributed by atoms with E-state index >= 15 is 0 Å². The standard InChI is InChI=1S/C11H21N/c1-10(2)12-9-8-11-6-4-3-5-7-11/h6,10,12H,3-5,7-9H2,1-2H3. The van der Waals surface area contributed by atoms with Crippen LogP contribution in [0.25, 0.3) is 0 Å². The van der Waals surface area contributed by atoms with Crippen molar-refractivity contribution in [2.75, 3.05) is 6.54 Å². The summed E-state index contributed by atoms with van der Waals surface area (Å²) in [6.07, 6.45) is 9.18. The molecule has 0 bridgehead atoms. The highest BCUT2D eigenvalue weighted by Gasteiger charge is 2.02. The summed E-state index contributed by atoms with van der Waals surface area (Å²) in [6.45, 7) is 5.56. The molecule has 12 heavy (non-hydrogen) atoms. The summed E-state index contributed by atoms with van der Waals surface area (Å²) in [4.78, 5) is 0. The van der Waals surface area contributed by atoms with Crippen molar-refractivity contribution in [3.05, 3.63) is 11.6 Å². The zero-order valence-corrected chi connectivity index (χ0v) is 8.40. The number of hydrogen-bond acceptors (Lipinski definition) is 1. The Balaban J connectivity index is 2.09. The molecule has 1 aliphatic carbocycles. The van der Waals surface area contributed by atoms with E-state index in [0.717, 1.165) is 6.54 Å². The molecule has 1 nitrogen and oxygen atoms in total. The molecule has 0 heterocycles. The lowest BCUT2D eigenvalue weighted by molar-refractivity contribution is 0.574. The minimum Gasteiger partial charge on any atom is -0.314 e. The van der Waals surface area contributed by atoms with Crippen LogP contribution in [0.2, 0.25) is 0 Å². The monoisotopic (exact) mass is 167 g/mol. The Morgan fingerprint density at radius 2 is 2.25 bits per heavy atom. The topological polar surface area (TPSA) is 12.0 Å². The average Bonchev–Trinajstić information content (AvgIpc) is 2.05. The molecule has 0 amide bonds. The first-order valence-corrected chi connectivity index (χ1v) is 5.20. The zero-order chi connectivity index (χ0) is 8.81. The Kier molecular flexibility index (Phi) is 4.37. The van der Waals surface area contributed by atoms with E-state index in [1.54, 1.807) is 5.57 Å². The fraction of sp³-hybridized carbons (Fsp3) is 0.818. The fourth-order valence-electron chi connectivity index (χ4n) is 1.65. The summed E-state index contributed by atoms with van der Waals surface area (Å²) in [6, 6.07) is 0.634. The van der Waals surface area contributed by atoms with Gasteiger partial charge in [-0.25, -0.2) is 0 Å². The van der Waals surface area contributed by atoms with Crippen LogP contribution in [-0.4, -0.2) is 12.6 Å². The van der Waals surface area contributed by atoms with E-state index in [9.17, 15) is 0 Å². The summed E-state index contributed by atoms with van der Waals surface area (Å²) in [7, 11) is 0. The smallest absolute Gasteiger partial charge is 0.00105 e. The molecule has 0 saturated carbocycles. The van der Waals surface area contributed by atoms with Crippen LogP contribution in [0.3, 0.4) is 0 Å². The van der Waals surface area contributed by atoms with Crippen LogP contribution >= 0.6 is 0 Å². The SMILES string of the molecule is CC(C)NCCC1=CCCCC1. The molecule has 0 aromatic heterocycles. The van der Waals surface area contributed by atoms with Crippen molar-refractivity contribution in [2.45, 2.75) is 52.0 Å². The molecule has 70 valence electrons. The minimum atomic E-state index is 0.634. The molecule has 0 fully saturated rings. The van der Waals surface area contributed by atoms with E-state index < -0.39 is 0 Å². The van der Waals surface area contributed by atoms with Crippen molar-refractivity contribution in [1.29, 1.82) is 0 Å². The van der Waals surface area contributed by atoms with Gasteiger partial charge in [0.25, 0.3) is 0 Å². The first-order valence-electron chi connectivity index (χ1n) is 5.20. The summed E-state index contributed by atoms with van der Waals surface area (Å²) in [5.74, 6) is 0. The van der Waals surface area contributed by atoms with Gasteiger partial charge in [0.2, 0.25) is 0 Å². The second-order valence-corrected chi connectivity index (χ2v) is 3.97. The third-order valence-corrected chi connectivity index (χ3v) is 2.38. The van der Waals surface area contributed by atoms with Gasteiger partial charge in [-0.05, 0) is 38.6 Å². The molecule has 1 aliphatic rings. The van der Waals surface area contributed by atoms with Gasteiger partial charge in [-0.2, -0.15) is 0 Å². The lowest BCUT2D eigenvalue weighted by atomic mass is 9.97. The van der Waals surface area contributed by atoms with Gasteiger partial charge in [0.15, 0.2) is 0 Å². The van der Waals surface area contributed by atoms with E-state index in [-0.39, 0.29) is 0 Å². The van der Waals surface area contributed by atoms with Crippen molar-refractivity contribution < 1.29 is 0 Å². The molecule has 0 aromatic carbocycles. The van der Waals surface area contributed by atoms with Gasteiger partial charge >= 0.3 is 0 Å². The van der Waals surface area contributed by atoms with Crippen molar-refractivity contribution in [3.63, 3.8) is 0 Å². The van der Waals surface area contributed by atoms with Gasteiger partial charge in [-0.15, -0.1) is 0 Å². The number of nitrogens with one attached hydrogen (secondary N) is 1. The Morgan fingerprint density at radius 1 is 1.42 bits per heavy atom. The molecule has 0 spiro atoms. The van der Waals surface area contributed by atoms with E-state index in [2.05, 4.69) is 25.2 Å². The van der Waals surface area contributed by atoms with E-state index in [4.69, 9.17) is 0 Å². The van der Waals surface area contributed by atoms with Crippen LogP contribution in [0.1, 0.15) is 46.0 Å². The van der Waals surface area contributed by atoms with Crippen molar-refractivity contribution in [3.8, 4) is 0 Å². The highest BCUT2D eigenvalue weighted by Crippen LogP contribution is 2.19. The van der Waals surface area contributed by atoms with Gasteiger partial charge in [0.1, 0.15) is 0 Å². The maximum absolute atomic E-state index is 3.45. The number of rotatable bonds is 4. The van der Waals surface area contributed by atoms with E-state index in [1.807, 2.05) is 0 Å². The molecule has 0 radical (unpaired) electrons. The Labute approximate surface area is 76.2 Å². The van der Waals surface area contributed by atoms with E-state index in [1.165, 1.54) is 32.1 Å². The number of hydrogen-bond donors (Lipinski definition) is 1. The zero-order valence-electron chi connectivity index (χ0n) is 8.40. The Morgan fingerprint density at radius 3 is 2.83 bits per heavy atom. The van der Waals surface area contributed by atoms with Crippen LogP contribution in [0, 0.1) is 0 Å². The normalized spacial score (nSPS) is 18.1. The third kappa shape index (κ3) is 3.91. The second kappa shape index (κ2) is 5.36. The molecule has 1 heteroatoms. The first kappa shape index (κ1) is 9.79. The quantitative estimate of drug-likeness (QED) is 0.635. The lowest BCUT2D eigenvalue weighted by Crippen LogP contribution is -2.24. The van der Waals surface area contributed by atoms with Gasteiger partial charge in [-0.3, -0.25) is 0 Å². The molecule has 0 unspecified atom stereocenters. The van der Waals surface area contributed by atoms with Crippen LogP contribution < -0.4 is 5.32 Å². The van der Waals surface area contributed by atoms with Gasteiger partial charge in [-0.1, -0.05) is 25.5 Å². The maximum Gasteiger partial charge on any atom is 0.00105 e. The predicted octanol–water partition coefficient (Wildman–Crippen LogP) is 2.87. The lowest BCUT2D eigenvalue weighted by Gasteiger charge is -2.13. The molecule has 0 aliphatic heterocycles. The number of allylic oxidation sites excluding steroid dienone is 1. The molecule has 1 N–H and O–H groups in total. The van der Waals surface area contributed by atoms with Crippen LogP contribution in [0.15, 0.2) is 11.6 Å². The van der Waals surface area contributed by atoms with Crippen LogP contribution in [0.5, 0.6) is 0 Å². The molecule has 0 aromatic rings. The summed E-state index contributed by atoms with van der Waals surface area (Å²) in [5, 5.41) is 3.45. The van der Waals surface area contributed by atoms with Crippen molar-refractivity contribution >= 4 is 0 Å². The van der Waals surface area contributed by atoms with Crippen LogP contribution in [0.4, 0.5) is 0 Å². The second-order valence-electron chi connectivity index (χ2n) is 3.97. The van der Waals surface area contributed by atoms with Crippen LogP contribution in [-0.2, 0) is 0 Å². The molecule has 1 rings (SSSR count). The fourth-order valence-corrected chi connectivity index (χ4v) is 1.65. The molecule has 0 saturated heterocycles. The van der Waals surface area contributed by atoms with Gasteiger partial charge < -0.3 is 5.32 Å². The molecular formula is C11H21N. The summed E-state index contributed by atoms with van der Waals surface area (Å²) < 4.78 is 0. The summed E-state index contributed by atoms with van der Waals surface area (Å²) in [5.41, 5.74) is 1.68. The maximum atomic E-state index is 3.45. The van der Waals surface area contributed by atoms with Gasteiger partial charge in [0.05, 0.1) is 0 Å².